The Morgan fingerprint density at radius 3 is 2.23 bits per heavy atom. The first-order valence-electron chi connectivity index (χ1n) is 11.9. The standard InChI is InChI=1S/C26H26ClF3N4O/c27-21-5-1-2-6-22(21)34-23(17-24(31-34)26(28,29)30)18-7-9-19(10-8-18)25(35)33-15-11-20(12-16-33)32-13-3-4-14-32/h1-2,5-10,17,20H,3-4,11-16H2. The molecule has 0 aliphatic carbocycles. The van der Waals surface area contributed by atoms with Crippen molar-refractivity contribution in [2.45, 2.75) is 37.9 Å². The molecule has 35 heavy (non-hydrogen) atoms. The highest BCUT2D eigenvalue weighted by Gasteiger charge is 2.35. The third-order valence-electron chi connectivity index (χ3n) is 6.92. The van der Waals surface area contributed by atoms with Gasteiger partial charge in [0.25, 0.3) is 5.91 Å². The lowest BCUT2D eigenvalue weighted by Crippen LogP contribution is -2.45. The summed E-state index contributed by atoms with van der Waals surface area (Å²) in [6.07, 6.45) is -0.142. The molecule has 0 spiro atoms. The van der Waals surface area contributed by atoms with Gasteiger partial charge in [-0.1, -0.05) is 35.9 Å². The number of nitrogens with zero attached hydrogens (tertiary/aromatic N) is 4. The van der Waals surface area contributed by atoms with Gasteiger partial charge >= 0.3 is 6.18 Å². The predicted molar refractivity (Wildman–Crippen MR) is 129 cm³/mol. The summed E-state index contributed by atoms with van der Waals surface area (Å²) in [7, 11) is 0. The first-order valence-corrected chi connectivity index (χ1v) is 12.2. The Balaban J connectivity index is 1.36. The van der Waals surface area contributed by atoms with Crippen molar-refractivity contribution >= 4 is 17.5 Å². The number of benzene rings is 2. The number of para-hydroxylation sites is 1. The van der Waals surface area contributed by atoms with Gasteiger partial charge in [-0.05, 0) is 69.1 Å². The van der Waals surface area contributed by atoms with Crippen molar-refractivity contribution < 1.29 is 18.0 Å². The molecule has 3 aromatic rings. The minimum absolute atomic E-state index is 0.0491. The number of likely N-dealkylation sites (tertiary alicyclic amines) is 2. The van der Waals surface area contributed by atoms with Crippen molar-refractivity contribution in [3.8, 4) is 16.9 Å². The summed E-state index contributed by atoms with van der Waals surface area (Å²) >= 11 is 6.25. The summed E-state index contributed by atoms with van der Waals surface area (Å²) in [5, 5.41) is 4.07. The topological polar surface area (TPSA) is 41.4 Å². The van der Waals surface area contributed by atoms with E-state index in [2.05, 4.69) is 10.00 Å². The van der Waals surface area contributed by atoms with Crippen molar-refractivity contribution in [3.05, 3.63) is 70.9 Å². The molecule has 0 atom stereocenters. The Morgan fingerprint density at radius 2 is 1.60 bits per heavy atom. The second-order valence-electron chi connectivity index (χ2n) is 9.12. The van der Waals surface area contributed by atoms with Gasteiger partial charge in [-0.2, -0.15) is 18.3 Å². The molecule has 5 nitrogen and oxygen atoms in total. The molecule has 5 rings (SSSR count). The number of rotatable bonds is 4. The summed E-state index contributed by atoms with van der Waals surface area (Å²) < 4.78 is 41.6. The molecule has 2 aliphatic rings. The number of carbonyl (C=O) groups is 1. The lowest BCUT2D eigenvalue weighted by Gasteiger charge is -2.36. The molecule has 2 fully saturated rings. The fourth-order valence-electron chi connectivity index (χ4n) is 5.04. The molecule has 2 saturated heterocycles. The Morgan fingerprint density at radius 1 is 0.943 bits per heavy atom. The van der Waals surface area contributed by atoms with Crippen LogP contribution in [-0.2, 0) is 6.18 Å². The van der Waals surface area contributed by atoms with Crippen LogP contribution < -0.4 is 0 Å². The molecular formula is C26H26ClF3N4O. The van der Waals surface area contributed by atoms with Crippen LogP contribution in [0.3, 0.4) is 0 Å². The molecule has 2 aromatic carbocycles. The highest BCUT2D eigenvalue weighted by Crippen LogP contribution is 2.34. The van der Waals surface area contributed by atoms with Crippen molar-refractivity contribution in [2.75, 3.05) is 26.2 Å². The number of amides is 1. The summed E-state index contributed by atoms with van der Waals surface area (Å²) in [4.78, 5) is 17.5. The number of hydrogen-bond acceptors (Lipinski definition) is 3. The SMILES string of the molecule is O=C(c1ccc(-c2cc(C(F)(F)F)nn2-c2ccccc2Cl)cc1)N1CCC(N2CCCC2)CC1. The van der Waals surface area contributed by atoms with Crippen LogP contribution in [0.15, 0.2) is 54.6 Å². The van der Waals surface area contributed by atoms with E-state index in [4.69, 9.17) is 11.6 Å². The zero-order valence-electron chi connectivity index (χ0n) is 19.1. The highest BCUT2D eigenvalue weighted by atomic mass is 35.5. The summed E-state index contributed by atoms with van der Waals surface area (Å²) in [6.45, 7) is 3.74. The predicted octanol–water partition coefficient (Wildman–Crippen LogP) is 5.91. The normalized spacial score (nSPS) is 17.8. The van der Waals surface area contributed by atoms with Gasteiger partial charge in [0.2, 0.25) is 0 Å². The lowest BCUT2D eigenvalue weighted by molar-refractivity contribution is -0.141. The van der Waals surface area contributed by atoms with E-state index in [9.17, 15) is 18.0 Å². The highest BCUT2D eigenvalue weighted by molar-refractivity contribution is 6.32. The van der Waals surface area contributed by atoms with Crippen molar-refractivity contribution in [1.82, 2.24) is 19.6 Å². The Hall–Kier alpha value is -2.84. The Bertz CT molecular complexity index is 1190. The average Bonchev–Trinajstić information content (AvgIpc) is 3.55. The molecule has 9 heteroatoms. The van der Waals surface area contributed by atoms with Gasteiger partial charge in [0.05, 0.1) is 16.4 Å². The zero-order chi connectivity index (χ0) is 24.6. The number of hydrogen-bond donors (Lipinski definition) is 0. The summed E-state index contributed by atoms with van der Waals surface area (Å²) in [6, 6.07) is 14.8. The van der Waals surface area contributed by atoms with E-state index < -0.39 is 11.9 Å². The van der Waals surface area contributed by atoms with E-state index in [1.807, 2.05) is 4.90 Å². The molecule has 2 aliphatic heterocycles. The monoisotopic (exact) mass is 502 g/mol. The van der Waals surface area contributed by atoms with Gasteiger partial charge in [-0.3, -0.25) is 4.79 Å². The fraction of sp³-hybridized carbons (Fsp3) is 0.385. The van der Waals surface area contributed by atoms with Crippen LogP contribution in [0, 0.1) is 0 Å². The Kier molecular flexibility index (Phi) is 6.59. The molecule has 0 bridgehead atoms. The largest absolute Gasteiger partial charge is 0.435 e. The molecular weight excluding hydrogens is 477 g/mol. The molecule has 3 heterocycles. The summed E-state index contributed by atoms with van der Waals surface area (Å²) in [5.41, 5.74) is 0.621. The van der Waals surface area contributed by atoms with E-state index in [1.54, 1.807) is 48.5 Å². The van der Waals surface area contributed by atoms with Crippen LogP contribution in [0.4, 0.5) is 13.2 Å². The molecule has 184 valence electrons. The number of halogens is 4. The minimum Gasteiger partial charge on any atom is -0.339 e. The lowest BCUT2D eigenvalue weighted by atomic mass is 10.0. The second-order valence-corrected chi connectivity index (χ2v) is 9.53. The van der Waals surface area contributed by atoms with E-state index >= 15 is 0 Å². The maximum absolute atomic E-state index is 13.5. The Labute approximate surface area is 207 Å². The average molecular weight is 503 g/mol. The number of alkyl halides is 3. The number of carbonyl (C=O) groups excluding carboxylic acids is 1. The van der Waals surface area contributed by atoms with Crippen LogP contribution in [-0.4, -0.2) is 57.7 Å². The third-order valence-corrected chi connectivity index (χ3v) is 7.24. The molecule has 0 unspecified atom stereocenters. The van der Waals surface area contributed by atoms with Crippen molar-refractivity contribution in [2.24, 2.45) is 0 Å². The van der Waals surface area contributed by atoms with Gasteiger partial charge in [-0.25, -0.2) is 4.68 Å². The van der Waals surface area contributed by atoms with Gasteiger partial charge < -0.3 is 9.80 Å². The smallest absolute Gasteiger partial charge is 0.339 e. The van der Waals surface area contributed by atoms with E-state index in [0.29, 0.717) is 22.9 Å². The van der Waals surface area contributed by atoms with Crippen LogP contribution in [0.2, 0.25) is 5.02 Å². The van der Waals surface area contributed by atoms with Crippen molar-refractivity contribution in [3.63, 3.8) is 0 Å². The van der Waals surface area contributed by atoms with Gasteiger partial charge in [0, 0.05) is 30.3 Å². The number of piperidine rings is 1. The van der Waals surface area contributed by atoms with Crippen LogP contribution in [0.5, 0.6) is 0 Å². The minimum atomic E-state index is -4.60. The van der Waals surface area contributed by atoms with E-state index in [0.717, 1.165) is 45.1 Å². The zero-order valence-corrected chi connectivity index (χ0v) is 19.9. The van der Waals surface area contributed by atoms with Gasteiger partial charge in [0.1, 0.15) is 0 Å². The maximum Gasteiger partial charge on any atom is 0.435 e. The second kappa shape index (κ2) is 9.66. The number of aromatic nitrogens is 2. The van der Waals surface area contributed by atoms with Crippen LogP contribution in [0.1, 0.15) is 41.7 Å². The first kappa shape index (κ1) is 23.9. The third kappa shape index (κ3) is 4.95. The molecule has 1 amide bonds. The molecule has 0 N–H and O–H groups in total. The molecule has 1 aromatic heterocycles. The first-order chi connectivity index (χ1) is 16.8. The van der Waals surface area contributed by atoms with Gasteiger partial charge in [-0.15, -0.1) is 0 Å². The fourth-order valence-corrected chi connectivity index (χ4v) is 5.26. The maximum atomic E-state index is 13.5. The van der Waals surface area contributed by atoms with Crippen molar-refractivity contribution in [1.29, 1.82) is 0 Å². The molecule has 0 radical (unpaired) electrons. The van der Waals surface area contributed by atoms with Crippen LogP contribution >= 0.6 is 11.6 Å². The van der Waals surface area contributed by atoms with Crippen LogP contribution in [0.25, 0.3) is 16.9 Å². The van der Waals surface area contributed by atoms with E-state index in [1.165, 1.54) is 17.5 Å². The van der Waals surface area contributed by atoms with E-state index in [-0.39, 0.29) is 16.6 Å². The molecule has 0 saturated carbocycles. The summed E-state index contributed by atoms with van der Waals surface area (Å²) in [5.74, 6) is -0.0491. The van der Waals surface area contributed by atoms with Gasteiger partial charge in [0.15, 0.2) is 5.69 Å². The quantitative estimate of drug-likeness (QED) is 0.445.